The third-order valence-electron chi connectivity index (χ3n) is 4.01. The first kappa shape index (κ1) is 20.7. The highest BCUT2D eigenvalue weighted by molar-refractivity contribution is 7.89. The molecule has 2 aromatic rings. The molecule has 27 heavy (non-hydrogen) atoms. The fourth-order valence-corrected chi connectivity index (χ4v) is 3.34. The van der Waals surface area contributed by atoms with Gasteiger partial charge in [0.25, 0.3) is 0 Å². The molecule has 1 amide bonds. The maximum absolute atomic E-state index is 12.2. The number of carbonyl (C=O) groups is 1. The van der Waals surface area contributed by atoms with Crippen LogP contribution in [-0.4, -0.2) is 46.9 Å². The van der Waals surface area contributed by atoms with E-state index in [0.29, 0.717) is 23.6 Å². The first-order valence-electron chi connectivity index (χ1n) is 8.31. The lowest BCUT2D eigenvalue weighted by molar-refractivity contribution is -0.116. The summed E-state index contributed by atoms with van der Waals surface area (Å²) in [5, 5.41) is 2.77. The van der Waals surface area contributed by atoms with Crippen LogP contribution in [-0.2, 0) is 21.2 Å². The summed E-state index contributed by atoms with van der Waals surface area (Å²) < 4.78 is 35.7. The van der Waals surface area contributed by atoms with Gasteiger partial charge < -0.3 is 14.8 Å². The van der Waals surface area contributed by atoms with E-state index in [1.54, 1.807) is 32.4 Å². The molecular formula is C19H24N2O5S. The molecule has 0 heterocycles. The van der Waals surface area contributed by atoms with E-state index < -0.39 is 10.0 Å². The van der Waals surface area contributed by atoms with Crippen molar-refractivity contribution in [3.8, 4) is 11.5 Å². The van der Waals surface area contributed by atoms with Crippen molar-refractivity contribution < 1.29 is 22.7 Å². The van der Waals surface area contributed by atoms with Crippen LogP contribution >= 0.6 is 0 Å². The van der Waals surface area contributed by atoms with Gasteiger partial charge in [0.1, 0.15) is 0 Å². The SMILES string of the molecule is COc1ccc(CCC(=O)Nc2ccc(S(=O)(=O)N(C)C)cc2)cc1OC. The van der Waals surface area contributed by atoms with Gasteiger partial charge in [0.05, 0.1) is 19.1 Å². The minimum atomic E-state index is -3.48. The van der Waals surface area contributed by atoms with E-state index in [2.05, 4.69) is 5.32 Å². The van der Waals surface area contributed by atoms with Crippen LogP contribution in [0.5, 0.6) is 11.5 Å². The Hall–Kier alpha value is -2.58. The molecule has 0 radical (unpaired) electrons. The number of aryl methyl sites for hydroxylation is 1. The minimum Gasteiger partial charge on any atom is -0.493 e. The molecule has 0 spiro atoms. The summed E-state index contributed by atoms with van der Waals surface area (Å²) in [7, 11) is 2.59. The van der Waals surface area contributed by atoms with Gasteiger partial charge in [0.2, 0.25) is 15.9 Å². The van der Waals surface area contributed by atoms with E-state index in [0.717, 1.165) is 9.87 Å². The molecule has 0 unspecified atom stereocenters. The number of amides is 1. The zero-order valence-electron chi connectivity index (χ0n) is 15.9. The topological polar surface area (TPSA) is 84.9 Å². The van der Waals surface area contributed by atoms with Crippen molar-refractivity contribution in [2.24, 2.45) is 0 Å². The normalized spacial score (nSPS) is 11.3. The lowest BCUT2D eigenvalue weighted by Gasteiger charge is -2.12. The Balaban J connectivity index is 1.96. The Morgan fingerprint density at radius 3 is 2.19 bits per heavy atom. The molecule has 0 aliphatic rings. The molecule has 0 aromatic heterocycles. The number of rotatable bonds is 8. The molecule has 1 N–H and O–H groups in total. The highest BCUT2D eigenvalue weighted by atomic mass is 32.2. The summed E-state index contributed by atoms with van der Waals surface area (Å²) in [6.45, 7) is 0. The predicted octanol–water partition coefficient (Wildman–Crippen LogP) is 2.53. The molecule has 7 nitrogen and oxygen atoms in total. The number of anilines is 1. The first-order valence-corrected chi connectivity index (χ1v) is 9.75. The largest absolute Gasteiger partial charge is 0.493 e. The second-order valence-corrected chi connectivity index (χ2v) is 8.20. The van der Waals surface area contributed by atoms with Gasteiger partial charge in [-0.3, -0.25) is 4.79 Å². The zero-order valence-corrected chi connectivity index (χ0v) is 16.7. The maximum Gasteiger partial charge on any atom is 0.242 e. The first-order chi connectivity index (χ1) is 12.8. The van der Waals surface area contributed by atoms with Gasteiger partial charge in [0.15, 0.2) is 11.5 Å². The van der Waals surface area contributed by atoms with Crippen molar-refractivity contribution in [1.82, 2.24) is 4.31 Å². The van der Waals surface area contributed by atoms with Crippen LogP contribution < -0.4 is 14.8 Å². The summed E-state index contributed by atoms with van der Waals surface area (Å²) in [4.78, 5) is 12.3. The number of hydrogen-bond acceptors (Lipinski definition) is 5. The molecular weight excluding hydrogens is 368 g/mol. The van der Waals surface area contributed by atoms with Gasteiger partial charge >= 0.3 is 0 Å². The molecule has 0 atom stereocenters. The van der Waals surface area contributed by atoms with E-state index in [9.17, 15) is 13.2 Å². The van der Waals surface area contributed by atoms with Gasteiger partial charge in [-0.25, -0.2) is 12.7 Å². The summed E-state index contributed by atoms with van der Waals surface area (Å²) in [5.41, 5.74) is 1.50. The summed E-state index contributed by atoms with van der Waals surface area (Å²) >= 11 is 0. The Kier molecular flexibility index (Phi) is 6.81. The van der Waals surface area contributed by atoms with E-state index in [1.807, 2.05) is 12.1 Å². The van der Waals surface area contributed by atoms with Crippen LogP contribution in [0.3, 0.4) is 0 Å². The monoisotopic (exact) mass is 392 g/mol. The predicted molar refractivity (Wildman–Crippen MR) is 104 cm³/mol. The molecule has 0 fully saturated rings. The van der Waals surface area contributed by atoms with Crippen LogP contribution in [0.2, 0.25) is 0 Å². The van der Waals surface area contributed by atoms with Gasteiger partial charge in [-0.1, -0.05) is 6.07 Å². The molecule has 0 aliphatic carbocycles. The van der Waals surface area contributed by atoms with Gasteiger partial charge in [-0.15, -0.1) is 0 Å². The Morgan fingerprint density at radius 2 is 1.63 bits per heavy atom. The highest BCUT2D eigenvalue weighted by Crippen LogP contribution is 2.28. The summed E-state index contributed by atoms with van der Waals surface area (Å²) in [6.07, 6.45) is 0.826. The number of methoxy groups -OCH3 is 2. The second-order valence-electron chi connectivity index (χ2n) is 6.05. The molecule has 0 saturated carbocycles. The number of ether oxygens (including phenoxy) is 2. The molecule has 0 bridgehead atoms. The molecule has 0 aliphatic heterocycles. The van der Waals surface area contributed by atoms with E-state index in [-0.39, 0.29) is 17.2 Å². The number of nitrogens with one attached hydrogen (secondary N) is 1. The average molecular weight is 392 g/mol. The van der Waals surface area contributed by atoms with Crippen LogP contribution in [0, 0.1) is 0 Å². The zero-order chi connectivity index (χ0) is 20.0. The molecule has 146 valence electrons. The van der Waals surface area contributed by atoms with E-state index in [4.69, 9.17) is 9.47 Å². The standard InChI is InChI=1S/C19H24N2O5S/c1-21(2)27(23,24)16-9-7-15(8-10-16)20-19(22)12-6-14-5-11-17(25-3)18(13-14)26-4/h5,7-11,13H,6,12H2,1-4H3,(H,20,22). The smallest absolute Gasteiger partial charge is 0.242 e. The van der Waals surface area contributed by atoms with Crippen LogP contribution in [0.4, 0.5) is 5.69 Å². The van der Waals surface area contributed by atoms with Crippen molar-refractivity contribution >= 4 is 21.6 Å². The Bertz CT molecular complexity index is 893. The van der Waals surface area contributed by atoms with E-state index in [1.165, 1.54) is 26.2 Å². The van der Waals surface area contributed by atoms with Gasteiger partial charge in [-0.05, 0) is 48.4 Å². The van der Waals surface area contributed by atoms with Crippen molar-refractivity contribution in [2.75, 3.05) is 33.6 Å². The third-order valence-corrected chi connectivity index (χ3v) is 5.83. The second kappa shape index (κ2) is 8.88. The molecule has 0 saturated heterocycles. The number of sulfonamides is 1. The quantitative estimate of drug-likeness (QED) is 0.746. The third kappa shape index (κ3) is 5.21. The Morgan fingerprint density at radius 1 is 1.00 bits per heavy atom. The summed E-state index contributed by atoms with van der Waals surface area (Å²) in [5.74, 6) is 1.10. The van der Waals surface area contributed by atoms with Crippen molar-refractivity contribution in [1.29, 1.82) is 0 Å². The fourth-order valence-electron chi connectivity index (χ4n) is 2.44. The number of carbonyl (C=O) groups excluding carboxylic acids is 1. The van der Waals surface area contributed by atoms with Gasteiger partial charge in [0, 0.05) is 26.2 Å². The van der Waals surface area contributed by atoms with Crippen LogP contribution in [0.15, 0.2) is 47.4 Å². The number of benzene rings is 2. The number of hydrogen-bond donors (Lipinski definition) is 1. The molecule has 8 heteroatoms. The Labute approximate surface area is 160 Å². The van der Waals surface area contributed by atoms with E-state index >= 15 is 0 Å². The lowest BCUT2D eigenvalue weighted by atomic mass is 10.1. The molecule has 2 aromatic carbocycles. The fraction of sp³-hybridized carbons (Fsp3) is 0.316. The average Bonchev–Trinajstić information content (AvgIpc) is 2.66. The minimum absolute atomic E-state index is 0.159. The van der Waals surface area contributed by atoms with Crippen molar-refractivity contribution in [2.45, 2.75) is 17.7 Å². The van der Waals surface area contributed by atoms with Crippen LogP contribution in [0.25, 0.3) is 0 Å². The van der Waals surface area contributed by atoms with Crippen LogP contribution in [0.1, 0.15) is 12.0 Å². The summed E-state index contributed by atoms with van der Waals surface area (Å²) in [6, 6.07) is 11.6. The highest BCUT2D eigenvalue weighted by Gasteiger charge is 2.16. The lowest BCUT2D eigenvalue weighted by Crippen LogP contribution is -2.22. The van der Waals surface area contributed by atoms with Gasteiger partial charge in [-0.2, -0.15) is 0 Å². The van der Waals surface area contributed by atoms with Crippen molar-refractivity contribution in [3.63, 3.8) is 0 Å². The maximum atomic E-state index is 12.2. The number of nitrogens with zero attached hydrogens (tertiary/aromatic N) is 1. The van der Waals surface area contributed by atoms with Crippen molar-refractivity contribution in [3.05, 3.63) is 48.0 Å². The molecule has 2 rings (SSSR count).